The van der Waals surface area contributed by atoms with Gasteiger partial charge in [0.05, 0.1) is 4.92 Å². The van der Waals surface area contributed by atoms with Gasteiger partial charge in [0, 0.05) is 17.8 Å². The molecule has 0 spiro atoms. The van der Waals surface area contributed by atoms with Gasteiger partial charge in [-0.25, -0.2) is 13.2 Å². The van der Waals surface area contributed by atoms with Crippen LogP contribution in [0.4, 0.5) is 16.2 Å². The summed E-state index contributed by atoms with van der Waals surface area (Å²) in [5.41, 5.74) is 0.0736. The maximum absolute atomic E-state index is 11.1. The number of nitro groups is 1. The maximum Gasteiger partial charge on any atom is 0.320 e. The summed E-state index contributed by atoms with van der Waals surface area (Å²) in [6.45, 7) is 0. The Morgan fingerprint density at radius 2 is 1.83 bits per heavy atom. The molecule has 98 valence electrons. The minimum atomic E-state index is -4.54. The summed E-state index contributed by atoms with van der Waals surface area (Å²) < 4.78 is 30.7. The number of nitro benzene ring substituents is 1. The first-order valence-electron chi connectivity index (χ1n) is 4.51. The zero-order valence-corrected chi connectivity index (χ0v) is 9.64. The first-order chi connectivity index (χ1) is 8.28. The Morgan fingerprint density at radius 3 is 2.28 bits per heavy atom. The third-order valence-electron chi connectivity index (χ3n) is 1.75. The summed E-state index contributed by atoms with van der Waals surface area (Å²) in [6, 6.07) is 3.97. The van der Waals surface area contributed by atoms with Crippen molar-refractivity contribution in [2.24, 2.45) is 0 Å². The zero-order valence-electron chi connectivity index (χ0n) is 8.82. The number of hydrogen-bond acceptors (Lipinski definition) is 6. The van der Waals surface area contributed by atoms with Gasteiger partial charge in [-0.3, -0.25) is 10.1 Å². The van der Waals surface area contributed by atoms with Gasteiger partial charge < -0.3 is 15.2 Å². The quantitative estimate of drug-likeness (QED) is 0.457. The molecule has 0 atom stereocenters. The van der Waals surface area contributed by atoms with Crippen LogP contribution in [0, 0.1) is 10.1 Å². The van der Waals surface area contributed by atoms with E-state index in [-0.39, 0.29) is 11.4 Å². The van der Waals surface area contributed by atoms with Crippen molar-refractivity contribution in [1.82, 2.24) is 5.32 Å². The van der Waals surface area contributed by atoms with E-state index < -0.39 is 26.9 Å². The number of nitrogens with one attached hydrogen (secondary N) is 2. The molecule has 0 aliphatic carbocycles. The Balaban J connectivity index is 2.57. The monoisotopic (exact) mass is 274 g/mol. The summed E-state index contributed by atoms with van der Waals surface area (Å²) in [4.78, 5) is 20.9. The van der Waals surface area contributed by atoms with Gasteiger partial charge in [-0.15, -0.1) is 0 Å². The molecule has 1 aromatic carbocycles. The van der Waals surface area contributed by atoms with E-state index in [0.29, 0.717) is 0 Å². The topological polar surface area (TPSA) is 141 Å². The van der Waals surface area contributed by atoms with Crippen LogP contribution in [0.25, 0.3) is 0 Å². The van der Waals surface area contributed by atoms with Crippen LogP contribution in [-0.4, -0.2) is 29.8 Å². The van der Waals surface area contributed by atoms with Crippen molar-refractivity contribution in [2.45, 2.75) is 0 Å². The van der Waals surface area contributed by atoms with E-state index in [4.69, 9.17) is 0 Å². The molecule has 18 heavy (non-hydrogen) atoms. The van der Waals surface area contributed by atoms with Crippen molar-refractivity contribution in [3.8, 4) is 0 Å². The summed E-state index contributed by atoms with van der Waals surface area (Å²) in [6.07, 6.45) is 0. The Kier molecular flexibility index (Phi) is 4.18. The number of rotatable bonds is 4. The van der Waals surface area contributed by atoms with E-state index in [1.54, 1.807) is 0 Å². The molecule has 2 N–H and O–H groups in total. The first kappa shape index (κ1) is 13.9. The standard InChI is InChI=1S/C8H9N3O6S/c12-8(9-5-18(15,16)17)10-6-1-3-7(4-2-6)11(13)14/h1-4H,5H2,(H2,9,10,12)(H,15,16,17)/p-1. The van der Waals surface area contributed by atoms with E-state index >= 15 is 0 Å². The maximum atomic E-state index is 11.1. The van der Waals surface area contributed by atoms with Crippen LogP contribution < -0.4 is 10.6 Å². The Hall–Kier alpha value is -2.20. The predicted octanol–water partition coefficient (Wildman–Crippen LogP) is 0.219. The lowest BCUT2D eigenvalue weighted by atomic mass is 10.3. The van der Waals surface area contributed by atoms with Crippen LogP contribution >= 0.6 is 0 Å². The molecule has 0 heterocycles. The third-order valence-corrected chi connectivity index (χ3v) is 2.24. The lowest BCUT2D eigenvalue weighted by Gasteiger charge is -2.09. The van der Waals surface area contributed by atoms with Crippen molar-refractivity contribution in [1.29, 1.82) is 0 Å². The van der Waals surface area contributed by atoms with E-state index in [2.05, 4.69) is 5.32 Å². The fourth-order valence-corrected chi connectivity index (χ4v) is 1.30. The molecule has 0 saturated carbocycles. The Bertz CT molecular complexity index is 553. The number of urea groups is 1. The molecule has 0 saturated heterocycles. The fraction of sp³-hybridized carbons (Fsp3) is 0.125. The van der Waals surface area contributed by atoms with Crippen LogP contribution in [0.5, 0.6) is 0 Å². The SMILES string of the molecule is O=C(NCS(=O)(=O)[O-])Nc1ccc([N+](=O)[O-])cc1. The second-order valence-electron chi connectivity index (χ2n) is 3.14. The van der Waals surface area contributed by atoms with Gasteiger partial charge >= 0.3 is 6.03 Å². The molecule has 1 rings (SSSR count). The third kappa shape index (κ3) is 4.76. The smallest absolute Gasteiger partial charge is 0.320 e. The van der Waals surface area contributed by atoms with E-state index in [9.17, 15) is 27.9 Å². The largest absolute Gasteiger partial charge is 0.747 e. The number of hydrogen-bond donors (Lipinski definition) is 2. The van der Waals surface area contributed by atoms with Crippen LogP contribution in [0.1, 0.15) is 0 Å². The lowest BCUT2D eigenvalue weighted by Crippen LogP contribution is -2.33. The summed E-state index contributed by atoms with van der Waals surface area (Å²) in [5, 5.41) is 14.4. The molecule has 0 aromatic heterocycles. The molecule has 10 heteroatoms. The number of carbonyl (C=O) groups is 1. The molecule has 0 unspecified atom stereocenters. The first-order valence-corrected chi connectivity index (χ1v) is 6.08. The molecule has 0 aliphatic heterocycles. The lowest BCUT2D eigenvalue weighted by molar-refractivity contribution is -0.384. The molecule has 0 fully saturated rings. The van der Waals surface area contributed by atoms with Crippen LogP contribution in [0.2, 0.25) is 0 Å². The zero-order chi connectivity index (χ0) is 13.8. The molecule has 0 bridgehead atoms. The number of amides is 2. The number of benzene rings is 1. The van der Waals surface area contributed by atoms with Gasteiger partial charge in [-0.05, 0) is 12.1 Å². The number of carbonyl (C=O) groups excluding carboxylic acids is 1. The molecular formula is C8H8N3O6S-. The van der Waals surface area contributed by atoms with Gasteiger partial charge in [-0.2, -0.15) is 0 Å². The molecule has 9 nitrogen and oxygen atoms in total. The molecule has 0 aliphatic rings. The average molecular weight is 274 g/mol. The molecular weight excluding hydrogens is 266 g/mol. The van der Waals surface area contributed by atoms with Gasteiger partial charge in [0.15, 0.2) is 0 Å². The van der Waals surface area contributed by atoms with Crippen molar-refractivity contribution in [3.63, 3.8) is 0 Å². The van der Waals surface area contributed by atoms with Gasteiger partial charge in [0.2, 0.25) is 0 Å². The Morgan fingerprint density at radius 1 is 1.28 bits per heavy atom. The van der Waals surface area contributed by atoms with E-state index in [1.165, 1.54) is 24.3 Å². The summed E-state index contributed by atoms with van der Waals surface area (Å²) >= 11 is 0. The number of nitrogens with zero attached hydrogens (tertiary/aromatic N) is 1. The highest BCUT2D eigenvalue weighted by Crippen LogP contribution is 2.14. The van der Waals surface area contributed by atoms with Crippen molar-refractivity contribution < 1.29 is 22.7 Å². The van der Waals surface area contributed by atoms with Gasteiger partial charge in [-0.1, -0.05) is 0 Å². The highest BCUT2D eigenvalue weighted by atomic mass is 32.2. The van der Waals surface area contributed by atoms with Crippen LogP contribution in [0.3, 0.4) is 0 Å². The number of anilines is 1. The minimum absolute atomic E-state index is 0.150. The van der Waals surface area contributed by atoms with E-state index in [0.717, 1.165) is 0 Å². The highest BCUT2D eigenvalue weighted by Gasteiger charge is 2.06. The minimum Gasteiger partial charge on any atom is -0.747 e. The number of non-ortho nitro benzene ring substituents is 1. The average Bonchev–Trinajstić information content (AvgIpc) is 2.26. The molecule has 0 radical (unpaired) electrons. The van der Waals surface area contributed by atoms with Gasteiger partial charge in [0.25, 0.3) is 5.69 Å². The second kappa shape index (κ2) is 5.42. The Labute approximate surface area is 102 Å². The van der Waals surface area contributed by atoms with E-state index in [1.807, 2.05) is 5.32 Å². The normalized spacial score (nSPS) is 10.7. The predicted molar refractivity (Wildman–Crippen MR) is 59.8 cm³/mol. The van der Waals surface area contributed by atoms with Crippen molar-refractivity contribution >= 4 is 27.5 Å². The van der Waals surface area contributed by atoms with Gasteiger partial charge in [0.1, 0.15) is 16.0 Å². The summed E-state index contributed by atoms with van der Waals surface area (Å²) in [7, 11) is -4.54. The summed E-state index contributed by atoms with van der Waals surface area (Å²) in [5.74, 6) is -1.04. The van der Waals surface area contributed by atoms with Crippen molar-refractivity contribution in [2.75, 3.05) is 11.2 Å². The van der Waals surface area contributed by atoms with Crippen LogP contribution in [0.15, 0.2) is 24.3 Å². The van der Waals surface area contributed by atoms with Crippen LogP contribution in [-0.2, 0) is 10.1 Å². The van der Waals surface area contributed by atoms with Crippen molar-refractivity contribution in [3.05, 3.63) is 34.4 Å². The second-order valence-corrected chi connectivity index (χ2v) is 4.54. The highest BCUT2D eigenvalue weighted by molar-refractivity contribution is 7.85. The molecule has 1 aromatic rings. The fourth-order valence-electron chi connectivity index (χ4n) is 0.996. The molecule has 2 amide bonds.